The first-order chi connectivity index (χ1) is 13.4. The van der Waals surface area contributed by atoms with E-state index in [2.05, 4.69) is 13.8 Å². The first-order valence-electron chi connectivity index (χ1n) is 10.7. The minimum absolute atomic E-state index is 0.0630. The van der Waals surface area contributed by atoms with E-state index in [4.69, 9.17) is 10.2 Å². The van der Waals surface area contributed by atoms with Crippen molar-refractivity contribution in [1.82, 2.24) is 0 Å². The summed E-state index contributed by atoms with van der Waals surface area (Å²) in [5.74, 6) is 2.73. The van der Waals surface area contributed by atoms with Gasteiger partial charge in [-0.05, 0) is 61.1 Å². The smallest absolute Gasteiger partial charge is 0.343 e. The van der Waals surface area contributed by atoms with Crippen LogP contribution in [0.25, 0.3) is 0 Å². The van der Waals surface area contributed by atoms with Crippen LogP contribution in [0.3, 0.4) is 0 Å². The molecule has 3 N–H and O–H groups in total. The molecule has 2 unspecified atom stereocenters. The second kappa shape index (κ2) is 7.65. The largest absolute Gasteiger partial charge is 0.507 e. The Kier molecular flexibility index (Phi) is 5.22. The zero-order chi connectivity index (χ0) is 19.8. The van der Waals surface area contributed by atoms with Crippen molar-refractivity contribution in [2.45, 2.75) is 64.2 Å². The lowest BCUT2D eigenvalue weighted by molar-refractivity contribution is 0.380. The first-order valence-corrected chi connectivity index (χ1v) is 10.7. The van der Waals surface area contributed by atoms with Gasteiger partial charge in [0.2, 0.25) is 0 Å². The van der Waals surface area contributed by atoms with Crippen LogP contribution in [-0.4, -0.2) is 5.11 Å². The average Bonchev–Trinajstić information content (AvgIpc) is 3.51. The fraction of sp³-hybridized carbons (Fsp3) is 0.542. The molecule has 0 radical (unpaired) electrons. The molecule has 0 spiro atoms. The molecule has 1 heterocycles. The summed E-state index contributed by atoms with van der Waals surface area (Å²) in [6, 6.07) is 9.24. The van der Waals surface area contributed by atoms with Gasteiger partial charge >= 0.3 is 5.63 Å². The molecule has 0 amide bonds. The van der Waals surface area contributed by atoms with Gasteiger partial charge in [0.15, 0.2) is 0 Å². The predicted molar refractivity (Wildman–Crippen MR) is 112 cm³/mol. The minimum atomic E-state index is -0.406. The van der Waals surface area contributed by atoms with Crippen LogP contribution in [-0.2, 0) is 0 Å². The maximum absolute atomic E-state index is 12.7. The monoisotopic (exact) mass is 381 g/mol. The number of hydrogen-bond acceptors (Lipinski definition) is 4. The Labute approximate surface area is 166 Å². The summed E-state index contributed by atoms with van der Waals surface area (Å²) in [5.41, 5.74) is 7.53. The van der Waals surface area contributed by atoms with Crippen LogP contribution in [0.4, 0.5) is 5.69 Å². The van der Waals surface area contributed by atoms with E-state index in [0.717, 1.165) is 24.3 Å². The van der Waals surface area contributed by atoms with E-state index < -0.39 is 5.63 Å². The zero-order valence-electron chi connectivity index (χ0n) is 16.9. The predicted octanol–water partition coefficient (Wildman–Crippen LogP) is 5.40. The fourth-order valence-corrected chi connectivity index (χ4v) is 3.87. The molecule has 0 aliphatic heterocycles. The molecule has 0 saturated heterocycles. The number of nitrogen functional groups attached to an aromatic ring is 1. The Morgan fingerprint density at radius 2 is 1.71 bits per heavy atom. The summed E-state index contributed by atoms with van der Waals surface area (Å²) < 4.78 is 5.62. The topological polar surface area (TPSA) is 76.5 Å². The lowest BCUT2D eigenvalue weighted by Crippen LogP contribution is -2.17. The fourth-order valence-electron chi connectivity index (χ4n) is 3.87. The summed E-state index contributed by atoms with van der Waals surface area (Å²) >= 11 is 0. The molecule has 28 heavy (non-hydrogen) atoms. The van der Waals surface area contributed by atoms with Crippen LogP contribution in [0.2, 0.25) is 0 Å². The van der Waals surface area contributed by atoms with E-state index >= 15 is 0 Å². The molecule has 3 aliphatic carbocycles. The maximum Gasteiger partial charge on any atom is 0.343 e. The summed E-state index contributed by atoms with van der Waals surface area (Å²) in [6.45, 7) is 4.34. The Morgan fingerprint density at radius 3 is 2.21 bits per heavy atom. The highest BCUT2D eigenvalue weighted by Crippen LogP contribution is 2.48. The standard InChI is InChI=1S/C20H23NO3.C4H8/c1-11(12-5-6-12)17-10-16(22)19(20(23)24-17)18(13-7-8-13)14-3-2-4-15(21)9-14;1-4-2-3-4/h2-4,9-13,18,22H,5-8,21H2,1H3;4H,2-3H2,1H3. The van der Waals surface area contributed by atoms with Crippen molar-refractivity contribution in [2.75, 3.05) is 5.73 Å². The molecule has 1 aromatic carbocycles. The number of nitrogens with two attached hydrogens (primary N) is 1. The van der Waals surface area contributed by atoms with Gasteiger partial charge in [-0.3, -0.25) is 0 Å². The van der Waals surface area contributed by atoms with Crippen molar-refractivity contribution >= 4 is 5.69 Å². The van der Waals surface area contributed by atoms with E-state index in [-0.39, 0.29) is 17.6 Å². The highest BCUT2D eigenvalue weighted by molar-refractivity contribution is 5.47. The van der Waals surface area contributed by atoms with Crippen molar-refractivity contribution in [2.24, 2.45) is 17.8 Å². The maximum atomic E-state index is 12.7. The molecule has 3 saturated carbocycles. The quantitative estimate of drug-likeness (QED) is 0.680. The van der Waals surface area contributed by atoms with Crippen molar-refractivity contribution in [3.8, 4) is 5.75 Å². The van der Waals surface area contributed by atoms with Crippen LogP contribution >= 0.6 is 0 Å². The molecule has 3 aliphatic rings. The third-order valence-corrected chi connectivity index (χ3v) is 6.30. The minimum Gasteiger partial charge on any atom is -0.507 e. The number of anilines is 1. The number of benzene rings is 1. The molecule has 150 valence electrons. The van der Waals surface area contributed by atoms with E-state index in [1.165, 1.54) is 25.7 Å². The average molecular weight is 382 g/mol. The highest BCUT2D eigenvalue weighted by Gasteiger charge is 2.38. The molecule has 2 aromatic rings. The molecule has 4 nitrogen and oxygen atoms in total. The van der Waals surface area contributed by atoms with Gasteiger partial charge in [0.05, 0.1) is 5.56 Å². The van der Waals surface area contributed by atoms with Crippen molar-refractivity contribution in [3.63, 3.8) is 0 Å². The molecule has 1 aromatic heterocycles. The van der Waals surface area contributed by atoms with E-state index in [9.17, 15) is 9.90 Å². The van der Waals surface area contributed by atoms with Gasteiger partial charge in [-0.2, -0.15) is 0 Å². The van der Waals surface area contributed by atoms with Crippen LogP contribution in [0, 0.1) is 17.8 Å². The van der Waals surface area contributed by atoms with Crippen molar-refractivity contribution in [3.05, 3.63) is 57.6 Å². The van der Waals surface area contributed by atoms with E-state index in [1.807, 2.05) is 24.3 Å². The van der Waals surface area contributed by atoms with Gasteiger partial charge < -0.3 is 15.3 Å². The molecule has 0 bridgehead atoms. The molecule has 4 heteroatoms. The number of aromatic hydroxyl groups is 1. The van der Waals surface area contributed by atoms with Crippen LogP contribution in [0.5, 0.6) is 5.75 Å². The lowest BCUT2D eigenvalue weighted by Gasteiger charge is -2.19. The van der Waals surface area contributed by atoms with Crippen LogP contribution in [0.15, 0.2) is 39.5 Å². The molecule has 2 atom stereocenters. The SMILES string of the molecule is CC(c1cc(O)c(C(c2cccc(N)c2)C2CC2)c(=O)o1)C1CC1.CC1CC1. The lowest BCUT2D eigenvalue weighted by atomic mass is 9.87. The van der Waals surface area contributed by atoms with E-state index in [0.29, 0.717) is 28.8 Å². The van der Waals surface area contributed by atoms with Gasteiger partial charge in [0.25, 0.3) is 0 Å². The van der Waals surface area contributed by atoms with Gasteiger partial charge in [0.1, 0.15) is 11.5 Å². The molecular formula is C24H31NO3. The van der Waals surface area contributed by atoms with Gasteiger partial charge in [-0.1, -0.05) is 38.8 Å². The van der Waals surface area contributed by atoms with Gasteiger partial charge in [-0.25, -0.2) is 4.79 Å². The van der Waals surface area contributed by atoms with Gasteiger partial charge in [-0.15, -0.1) is 0 Å². The highest BCUT2D eigenvalue weighted by atomic mass is 16.4. The second-order valence-corrected chi connectivity index (χ2v) is 9.03. The molecule has 5 rings (SSSR count). The van der Waals surface area contributed by atoms with E-state index in [1.54, 1.807) is 6.07 Å². The zero-order valence-corrected chi connectivity index (χ0v) is 16.9. The van der Waals surface area contributed by atoms with Gasteiger partial charge in [0, 0.05) is 23.6 Å². The number of rotatable bonds is 5. The summed E-state index contributed by atoms with van der Waals surface area (Å²) in [4.78, 5) is 12.7. The molecular weight excluding hydrogens is 350 g/mol. The van der Waals surface area contributed by atoms with Crippen molar-refractivity contribution < 1.29 is 9.52 Å². The Hall–Kier alpha value is -2.23. The summed E-state index contributed by atoms with van der Waals surface area (Å²) in [7, 11) is 0. The normalized spacial score (nSPS) is 20.8. The Morgan fingerprint density at radius 1 is 1.07 bits per heavy atom. The Bertz CT molecular complexity index is 891. The third kappa shape index (κ3) is 4.43. The van der Waals surface area contributed by atoms with Crippen LogP contribution < -0.4 is 11.4 Å². The van der Waals surface area contributed by atoms with Crippen LogP contribution in [0.1, 0.15) is 81.1 Å². The summed E-state index contributed by atoms with van der Waals surface area (Å²) in [5, 5.41) is 10.6. The second-order valence-electron chi connectivity index (χ2n) is 9.03. The Balaban J connectivity index is 0.000000429. The summed E-state index contributed by atoms with van der Waals surface area (Å²) in [6.07, 6.45) is 7.42. The third-order valence-electron chi connectivity index (χ3n) is 6.30. The molecule has 3 fully saturated rings. The first kappa shape index (κ1) is 19.1. The number of hydrogen-bond donors (Lipinski definition) is 2. The van der Waals surface area contributed by atoms with Crippen molar-refractivity contribution in [1.29, 1.82) is 0 Å².